The van der Waals surface area contributed by atoms with E-state index in [-0.39, 0.29) is 50.2 Å². The molecule has 0 spiro atoms. The zero-order valence-electron chi connectivity index (χ0n) is 21.9. The second kappa shape index (κ2) is 16.5. The van der Waals surface area contributed by atoms with Crippen LogP contribution in [-0.2, 0) is 36.8 Å². The number of hydrogen-bond donors (Lipinski definition) is 5. The molecule has 1 atom stereocenters. The molecule has 0 aliphatic heterocycles. The van der Waals surface area contributed by atoms with Gasteiger partial charge in [0.05, 0.1) is 19.6 Å². The molecular formula is C28H37N5O5. The van der Waals surface area contributed by atoms with Gasteiger partial charge in [0.1, 0.15) is 6.04 Å². The normalized spacial score (nSPS) is 11.2. The molecule has 2 aromatic rings. The van der Waals surface area contributed by atoms with Crippen molar-refractivity contribution in [2.24, 2.45) is 5.92 Å². The van der Waals surface area contributed by atoms with Crippen LogP contribution in [0, 0.1) is 5.92 Å². The lowest BCUT2D eigenvalue weighted by Gasteiger charge is -2.19. The molecule has 0 aliphatic carbocycles. The van der Waals surface area contributed by atoms with Gasteiger partial charge < -0.3 is 26.6 Å². The summed E-state index contributed by atoms with van der Waals surface area (Å²) in [6.07, 6.45) is 1.00. The number of benzene rings is 2. The predicted molar refractivity (Wildman–Crippen MR) is 144 cm³/mol. The summed E-state index contributed by atoms with van der Waals surface area (Å²) < 4.78 is 0. The van der Waals surface area contributed by atoms with Gasteiger partial charge in [0.2, 0.25) is 29.5 Å². The van der Waals surface area contributed by atoms with E-state index < -0.39 is 23.8 Å². The molecule has 0 bridgehead atoms. The lowest BCUT2D eigenvalue weighted by Crippen LogP contribution is -2.52. The highest BCUT2D eigenvalue weighted by Gasteiger charge is 2.22. The average Bonchev–Trinajstić information content (AvgIpc) is 2.92. The molecule has 10 nitrogen and oxygen atoms in total. The predicted octanol–water partition coefficient (Wildman–Crippen LogP) is 0.468. The zero-order chi connectivity index (χ0) is 27.8. The van der Waals surface area contributed by atoms with Crippen molar-refractivity contribution in [1.29, 1.82) is 0 Å². The highest BCUT2D eigenvalue weighted by atomic mass is 16.2. The van der Waals surface area contributed by atoms with Gasteiger partial charge in [-0.25, -0.2) is 0 Å². The van der Waals surface area contributed by atoms with Crippen molar-refractivity contribution in [2.45, 2.75) is 39.2 Å². The van der Waals surface area contributed by atoms with Crippen molar-refractivity contribution in [1.82, 2.24) is 26.6 Å². The number of nitrogens with one attached hydrogen (secondary N) is 5. The van der Waals surface area contributed by atoms with E-state index in [2.05, 4.69) is 26.6 Å². The quantitative estimate of drug-likeness (QED) is 0.230. The van der Waals surface area contributed by atoms with Crippen LogP contribution in [0.3, 0.4) is 0 Å². The minimum Gasteiger partial charge on any atom is -0.354 e. The summed E-state index contributed by atoms with van der Waals surface area (Å²) >= 11 is 0. The summed E-state index contributed by atoms with van der Waals surface area (Å²) in [5, 5.41) is 12.8. The zero-order valence-corrected chi connectivity index (χ0v) is 21.9. The van der Waals surface area contributed by atoms with Gasteiger partial charge in [-0.2, -0.15) is 0 Å². The maximum atomic E-state index is 12.8. The SMILES string of the molecule is CC(C)CNC(=O)CNC(=O)[C@H](Cc1ccccc1)NC(=O)CNC(=O)CNC(=O)CCc1ccccc1. The van der Waals surface area contributed by atoms with Gasteiger partial charge in [-0.3, -0.25) is 24.0 Å². The summed E-state index contributed by atoms with van der Waals surface area (Å²) in [5.41, 5.74) is 1.84. The average molecular weight is 524 g/mol. The van der Waals surface area contributed by atoms with Gasteiger partial charge in [0.15, 0.2) is 0 Å². The topological polar surface area (TPSA) is 146 Å². The molecule has 5 N–H and O–H groups in total. The third-order valence-corrected chi connectivity index (χ3v) is 5.44. The fourth-order valence-corrected chi connectivity index (χ4v) is 3.39. The number of carbonyl (C=O) groups excluding carboxylic acids is 5. The van der Waals surface area contributed by atoms with Crippen molar-refractivity contribution < 1.29 is 24.0 Å². The van der Waals surface area contributed by atoms with Crippen LogP contribution in [0.25, 0.3) is 0 Å². The Morgan fingerprint density at radius 3 is 1.79 bits per heavy atom. The van der Waals surface area contributed by atoms with Crippen LogP contribution >= 0.6 is 0 Å². The minimum absolute atomic E-state index is 0.206. The fraction of sp³-hybridized carbons (Fsp3) is 0.393. The molecule has 38 heavy (non-hydrogen) atoms. The molecule has 0 heterocycles. The summed E-state index contributed by atoms with van der Waals surface area (Å²) in [6, 6.07) is 17.7. The highest BCUT2D eigenvalue weighted by molar-refractivity contribution is 5.92. The van der Waals surface area contributed by atoms with E-state index in [0.29, 0.717) is 13.0 Å². The van der Waals surface area contributed by atoms with Crippen molar-refractivity contribution in [3.8, 4) is 0 Å². The number of aryl methyl sites for hydroxylation is 1. The van der Waals surface area contributed by atoms with Crippen LogP contribution in [0.5, 0.6) is 0 Å². The van der Waals surface area contributed by atoms with Gasteiger partial charge >= 0.3 is 0 Å². The minimum atomic E-state index is -0.947. The highest BCUT2D eigenvalue weighted by Crippen LogP contribution is 2.04. The number of amides is 5. The monoisotopic (exact) mass is 523 g/mol. The molecule has 204 valence electrons. The Bertz CT molecular complexity index is 1060. The van der Waals surface area contributed by atoms with E-state index in [1.165, 1.54) is 0 Å². The van der Waals surface area contributed by atoms with Gasteiger partial charge in [-0.05, 0) is 23.5 Å². The van der Waals surface area contributed by atoms with E-state index >= 15 is 0 Å². The number of hydrogen-bond acceptors (Lipinski definition) is 5. The Hall–Kier alpha value is -4.21. The first kappa shape index (κ1) is 30.0. The van der Waals surface area contributed by atoms with Crippen molar-refractivity contribution in [3.05, 3.63) is 71.8 Å². The van der Waals surface area contributed by atoms with Gasteiger partial charge in [0, 0.05) is 19.4 Å². The van der Waals surface area contributed by atoms with Gasteiger partial charge in [-0.1, -0.05) is 74.5 Å². The van der Waals surface area contributed by atoms with E-state index in [9.17, 15) is 24.0 Å². The molecule has 5 amide bonds. The van der Waals surface area contributed by atoms with Crippen LogP contribution in [0.1, 0.15) is 31.4 Å². The first-order valence-electron chi connectivity index (χ1n) is 12.7. The van der Waals surface area contributed by atoms with Gasteiger partial charge in [0.25, 0.3) is 0 Å². The van der Waals surface area contributed by atoms with Crippen LogP contribution in [0.15, 0.2) is 60.7 Å². The molecule has 10 heteroatoms. The molecule has 2 rings (SSSR count). The van der Waals surface area contributed by atoms with Crippen molar-refractivity contribution in [3.63, 3.8) is 0 Å². The van der Waals surface area contributed by atoms with Crippen molar-refractivity contribution >= 4 is 29.5 Å². The molecule has 0 unspecified atom stereocenters. The van der Waals surface area contributed by atoms with Crippen LogP contribution in [0.2, 0.25) is 0 Å². The summed E-state index contributed by atoms with van der Waals surface area (Å²) in [4.78, 5) is 61.3. The molecule has 2 aromatic carbocycles. The van der Waals surface area contributed by atoms with Gasteiger partial charge in [-0.15, -0.1) is 0 Å². The maximum absolute atomic E-state index is 12.8. The number of rotatable bonds is 15. The molecule has 0 fully saturated rings. The van der Waals surface area contributed by atoms with Crippen LogP contribution < -0.4 is 26.6 Å². The lowest BCUT2D eigenvalue weighted by atomic mass is 10.1. The van der Waals surface area contributed by atoms with E-state index in [1.54, 1.807) is 0 Å². The molecule has 0 saturated carbocycles. The molecule has 0 radical (unpaired) electrons. The number of carbonyl (C=O) groups is 5. The molecule has 0 saturated heterocycles. The second-order valence-electron chi connectivity index (χ2n) is 9.26. The Kier molecular flexibility index (Phi) is 13.0. The fourth-order valence-electron chi connectivity index (χ4n) is 3.39. The Morgan fingerprint density at radius 2 is 1.16 bits per heavy atom. The molecule has 0 aliphatic rings. The Morgan fingerprint density at radius 1 is 0.632 bits per heavy atom. The third-order valence-electron chi connectivity index (χ3n) is 5.44. The molecular weight excluding hydrogens is 486 g/mol. The smallest absolute Gasteiger partial charge is 0.243 e. The standard InChI is InChI=1S/C28H37N5O5/c1-20(2)16-29-26(36)18-32-28(38)23(15-22-11-7-4-8-12-22)33-27(37)19-31-25(35)17-30-24(34)14-13-21-9-5-3-6-10-21/h3-12,20,23H,13-19H2,1-2H3,(H,29,36)(H,30,34)(H,31,35)(H,32,38)(H,33,37)/t23-/m0/s1. The van der Waals surface area contributed by atoms with E-state index in [1.807, 2.05) is 74.5 Å². The largest absolute Gasteiger partial charge is 0.354 e. The first-order chi connectivity index (χ1) is 18.2. The molecule has 0 aromatic heterocycles. The van der Waals surface area contributed by atoms with Crippen LogP contribution in [0.4, 0.5) is 0 Å². The van der Waals surface area contributed by atoms with Crippen molar-refractivity contribution in [2.75, 3.05) is 26.2 Å². The lowest BCUT2D eigenvalue weighted by molar-refractivity contribution is -0.131. The summed E-state index contributed by atoms with van der Waals surface area (Å²) in [7, 11) is 0. The Balaban J connectivity index is 1.79. The second-order valence-corrected chi connectivity index (χ2v) is 9.26. The first-order valence-corrected chi connectivity index (χ1v) is 12.7. The van der Waals surface area contributed by atoms with E-state index in [4.69, 9.17) is 0 Å². The van der Waals surface area contributed by atoms with E-state index in [0.717, 1.165) is 11.1 Å². The summed E-state index contributed by atoms with van der Waals surface area (Å²) in [6.45, 7) is 3.57. The maximum Gasteiger partial charge on any atom is 0.243 e. The Labute approximate surface area is 223 Å². The third kappa shape index (κ3) is 12.7. The summed E-state index contributed by atoms with van der Waals surface area (Å²) in [5.74, 6) is -1.94. The van der Waals surface area contributed by atoms with Crippen LogP contribution in [-0.4, -0.2) is 61.8 Å².